The number of rotatable bonds is 6. The second kappa shape index (κ2) is 13.2. The molecule has 2 atom stereocenters. The molecular weight excluding hydrogens is 700 g/mol. The van der Waals surface area contributed by atoms with E-state index in [0.29, 0.717) is 47.1 Å². The molecule has 282 valence electrons. The number of halogens is 1. The second-order valence-corrected chi connectivity index (χ2v) is 17.7. The third-order valence-corrected chi connectivity index (χ3v) is 11.5. The Hall–Kier alpha value is -4.37. The molecule has 13 nitrogen and oxygen atoms in total. The van der Waals surface area contributed by atoms with Crippen LogP contribution in [0.25, 0.3) is 32.4 Å². The molecule has 0 spiro atoms. The van der Waals surface area contributed by atoms with Crippen molar-refractivity contribution in [2.45, 2.75) is 109 Å². The van der Waals surface area contributed by atoms with Crippen LogP contribution in [0.15, 0.2) is 24.4 Å². The standard InChI is InChI=1S/C38H47FN8O5S/c1-36(2,3)51-34(48)44-33-42-28-24(10-7-11-26(28)53-33)29-27(39)30-25(18-40-29)31(43-32(41-30)50-21-38-14-8-16-46(38)17-9-15-38)45-19-22-12-13-23(20-45)47(22)35(49)52-37(4,5)6/h7,10-11,18,22-23H,8-9,12-17,19-21H2,1-6H3,(H,42,44,48)/t22-,23+. The SMILES string of the molecule is CC(C)(C)OC(=O)Nc1nc2c(-c3ncc4c(N5C[C@H]6CC[C@@H](C5)N6C(=O)OC(C)(C)C)nc(OCC56CCCN5CCC6)nc4c3F)cccc2s1. The smallest absolute Gasteiger partial charge is 0.413 e. The van der Waals surface area contributed by atoms with Crippen molar-refractivity contribution < 1.29 is 28.2 Å². The van der Waals surface area contributed by atoms with E-state index in [9.17, 15) is 9.59 Å². The lowest BCUT2D eigenvalue weighted by atomic mass is 9.95. The number of anilines is 2. The zero-order chi connectivity index (χ0) is 37.3. The summed E-state index contributed by atoms with van der Waals surface area (Å²) in [4.78, 5) is 51.2. The highest BCUT2D eigenvalue weighted by molar-refractivity contribution is 7.22. The number of para-hydroxylation sites is 1. The average Bonchev–Trinajstić information content (AvgIpc) is 3.83. The number of nitrogens with one attached hydrogen (secondary N) is 1. The number of benzene rings is 1. The molecule has 4 aliphatic heterocycles. The quantitative estimate of drug-likeness (QED) is 0.212. The predicted molar refractivity (Wildman–Crippen MR) is 201 cm³/mol. The molecule has 15 heteroatoms. The molecule has 0 radical (unpaired) electrons. The van der Waals surface area contributed by atoms with E-state index < -0.39 is 23.1 Å². The van der Waals surface area contributed by atoms with Gasteiger partial charge in [0.2, 0.25) is 0 Å². The van der Waals surface area contributed by atoms with E-state index in [2.05, 4.69) is 25.1 Å². The summed E-state index contributed by atoms with van der Waals surface area (Å²) >= 11 is 1.26. The molecule has 4 aromatic rings. The first-order valence-corrected chi connectivity index (χ1v) is 19.4. The Balaban J connectivity index is 1.16. The van der Waals surface area contributed by atoms with Crippen molar-refractivity contribution in [2.24, 2.45) is 0 Å². The second-order valence-electron chi connectivity index (χ2n) is 16.7. The maximum Gasteiger partial charge on any atom is 0.413 e. The highest BCUT2D eigenvalue weighted by atomic mass is 32.1. The number of carbonyl (C=O) groups excluding carboxylic acids is 2. The van der Waals surface area contributed by atoms with Crippen molar-refractivity contribution in [3.05, 3.63) is 30.2 Å². The minimum atomic E-state index is -0.675. The zero-order valence-corrected chi connectivity index (χ0v) is 32.0. The predicted octanol–water partition coefficient (Wildman–Crippen LogP) is 7.38. The maximum absolute atomic E-state index is 17.0. The van der Waals surface area contributed by atoms with Crippen molar-refractivity contribution in [1.82, 2.24) is 29.7 Å². The van der Waals surface area contributed by atoms with Crippen LogP contribution in [0.4, 0.5) is 24.9 Å². The molecule has 3 aromatic heterocycles. The number of nitrogens with zero attached hydrogens (tertiary/aromatic N) is 7. The van der Waals surface area contributed by atoms with Gasteiger partial charge in [-0.15, -0.1) is 0 Å². The van der Waals surface area contributed by atoms with Gasteiger partial charge in [-0.3, -0.25) is 20.1 Å². The maximum atomic E-state index is 17.0. The summed E-state index contributed by atoms with van der Waals surface area (Å²) < 4.78 is 35.4. The van der Waals surface area contributed by atoms with Gasteiger partial charge in [0.15, 0.2) is 10.9 Å². The van der Waals surface area contributed by atoms with Crippen molar-refractivity contribution in [3.63, 3.8) is 0 Å². The number of carbonyl (C=O) groups is 2. The highest BCUT2D eigenvalue weighted by Gasteiger charge is 2.46. The first kappa shape index (κ1) is 35.6. The number of hydrogen-bond acceptors (Lipinski definition) is 12. The number of pyridine rings is 1. The molecule has 1 aromatic carbocycles. The fourth-order valence-electron chi connectivity index (χ4n) is 8.45. The van der Waals surface area contributed by atoms with Gasteiger partial charge < -0.3 is 19.1 Å². The molecular formula is C38H47FN8O5S. The van der Waals surface area contributed by atoms with Crippen LogP contribution in [0.2, 0.25) is 0 Å². The highest BCUT2D eigenvalue weighted by Crippen LogP contribution is 2.41. The van der Waals surface area contributed by atoms with E-state index in [4.69, 9.17) is 24.2 Å². The zero-order valence-electron chi connectivity index (χ0n) is 31.2. The van der Waals surface area contributed by atoms with Gasteiger partial charge in [0, 0.05) is 24.8 Å². The van der Waals surface area contributed by atoms with Crippen LogP contribution in [-0.2, 0) is 9.47 Å². The summed E-state index contributed by atoms with van der Waals surface area (Å²) in [6.45, 7) is 14.5. The summed E-state index contributed by atoms with van der Waals surface area (Å²) in [5.41, 5.74) is -0.181. The van der Waals surface area contributed by atoms with Gasteiger partial charge in [0.05, 0.1) is 33.2 Å². The van der Waals surface area contributed by atoms with Crippen LogP contribution < -0.4 is 15.0 Å². The number of aromatic nitrogens is 4. The molecule has 2 amide bonds. The average molecular weight is 747 g/mol. The summed E-state index contributed by atoms with van der Waals surface area (Å²) in [5.74, 6) is -0.0818. The topological polar surface area (TPSA) is 135 Å². The van der Waals surface area contributed by atoms with Gasteiger partial charge in [0.1, 0.15) is 34.8 Å². The van der Waals surface area contributed by atoms with E-state index in [1.54, 1.807) is 33.0 Å². The van der Waals surface area contributed by atoms with Gasteiger partial charge in [-0.25, -0.2) is 19.0 Å². The van der Waals surface area contributed by atoms with Crippen LogP contribution in [0.5, 0.6) is 6.01 Å². The van der Waals surface area contributed by atoms with Gasteiger partial charge in [-0.2, -0.15) is 9.97 Å². The number of hydrogen-bond donors (Lipinski definition) is 1. The van der Waals surface area contributed by atoms with Crippen LogP contribution in [0.1, 0.15) is 80.1 Å². The number of fused-ring (bicyclic) bond motifs is 5. The Kier molecular flexibility index (Phi) is 8.87. The molecule has 4 fully saturated rings. The fraction of sp³-hybridized carbons (Fsp3) is 0.579. The van der Waals surface area contributed by atoms with E-state index in [0.717, 1.165) is 56.3 Å². The lowest BCUT2D eigenvalue weighted by Crippen LogP contribution is -2.57. The molecule has 0 aliphatic carbocycles. The molecule has 53 heavy (non-hydrogen) atoms. The lowest BCUT2D eigenvalue weighted by molar-refractivity contribution is 0.0122. The fourth-order valence-corrected chi connectivity index (χ4v) is 9.33. The summed E-state index contributed by atoms with van der Waals surface area (Å²) in [6.07, 6.45) is 6.71. The van der Waals surface area contributed by atoms with Gasteiger partial charge in [0.25, 0.3) is 0 Å². The van der Waals surface area contributed by atoms with Crippen LogP contribution in [-0.4, -0.2) is 104 Å². The minimum absolute atomic E-state index is 0.0517. The molecule has 1 N–H and O–H groups in total. The number of amides is 2. The van der Waals surface area contributed by atoms with Crippen molar-refractivity contribution in [2.75, 3.05) is 43.0 Å². The summed E-state index contributed by atoms with van der Waals surface area (Å²) in [6, 6.07) is 5.40. The molecule has 8 rings (SSSR count). The molecule has 2 bridgehead atoms. The Morgan fingerprint density at radius 1 is 0.962 bits per heavy atom. The number of piperazine rings is 1. The number of thiazole rings is 1. The first-order valence-electron chi connectivity index (χ1n) is 18.6. The normalized spacial score (nSPS) is 21.3. The molecule has 7 heterocycles. The van der Waals surface area contributed by atoms with E-state index in [1.807, 2.05) is 37.8 Å². The molecule has 0 unspecified atom stereocenters. The van der Waals surface area contributed by atoms with Crippen LogP contribution >= 0.6 is 11.3 Å². The third kappa shape index (κ3) is 6.93. The largest absolute Gasteiger partial charge is 0.461 e. The Morgan fingerprint density at radius 2 is 1.66 bits per heavy atom. The van der Waals surface area contributed by atoms with E-state index in [-0.39, 0.29) is 40.9 Å². The van der Waals surface area contributed by atoms with Crippen molar-refractivity contribution in [1.29, 1.82) is 0 Å². The van der Waals surface area contributed by atoms with Gasteiger partial charge in [-0.05, 0) is 99.2 Å². The Bertz CT molecular complexity index is 2060. The van der Waals surface area contributed by atoms with Crippen LogP contribution in [0, 0.1) is 5.82 Å². The van der Waals surface area contributed by atoms with E-state index >= 15 is 4.39 Å². The molecule has 4 saturated heterocycles. The number of ether oxygens (including phenoxy) is 3. The van der Waals surface area contributed by atoms with Crippen molar-refractivity contribution in [3.8, 4) is 17.3 Å². The monoisotopic (exact) mass is 746 g/mol. The first-order chi connectivity index (χ1) is 25.2. The van der Waals surface area contributed by atoms with E-state index in [1.165, 1.54) is 11.3 Å². The van der Waals surface area contributed by atoms with Gasteiger partial charge in [-0.1, -0.05) is 23.5 Å². The molecule has 4 aliphatic rings. The Morgan fingerprint density at radius 3 is 2.34 bits per heavy atom. The summed E-state index contributed by atoms with van der Waals surface area (Å²) in [5, 5.41) is 3.49. The Labute approximate surface area is 312 Å². The molecule has 0 saturated carbocycles. The minimum Gasteiger partial charge on any atom is -0.461 e. The summed E-state index contributed by atoms with van der Waals surface area (Å²) in [7, 11) is 0. The van der Waals surface area contributed by atoms with Gasteiger partial charge >= 0.3 is 18.2 Å². The van der Waals surface area contributed by atoms with Crippen molar-refractivity contribution >= 4 is 55.6 Å². The lowest BCUT2D eigenvalue weighted by Gasteiger charge is -2.42. The van der Waals surface area contributed by atoms with Crippen LogP contribution in [0.3, 0.4) is 0 Å². The third-order valence-electron chi connectivity index (χ3n) is 10.6.